The van der Waals surface area contributed by atoms with E-state index in [9.17, 15) is 39.0 Å². The maximum atomic E-state index is 13.6. The number of hydrogen-bond donors (Lipinski definition) is 1. The lowest BCUT2D eigenvalue weighted by molar-refractivity contribution is 0.421. The molecule has 0 aliphatic heterocycles. The van der Waals surface area contributed by atoms with Gasteiger partial charge in [0.2, 0.25) is 10.0 Å². The van der Waals surface area contributed by atoms with Crippen LogP contribution in [0.2, 0.25) is 0 Å². The minimum Gasteiger partial charge on any atom is -0.748 e. The van der Waals surface area contributed by atoms with Crippen LogP contribution in [0.1, 0.15) is 0 Å². The van der Waals surface area contributed by atoms with Crippen LogP contribution in [0, 0.1) is 23.3 Å². The Hall–Kier alpha value is -1.93. The normalized spacial score (nSPS) is 12.0. The molecule has 1 aromatic carbocycles. The van der Waals surface area contributed by atoms with Gasteiger partial charge >= 0.3 is 0 Å². The maximum absolute atomic E-state index is 13.6. The van der Waals surface area contributed by atoms with Crippen LogP contribution in [0.4, 0.5) is 23.2 Å². The zero-order valence-electron chi connectivity index (χ0n) is 10.6. The quantitative estimate of drug-likeness (QED) is 0.196. The number of hydrogen-bond acceptors (Lipinski definition) is 6. The van der Waals surface area contributed by atoms with Crippen molar-refractivity contribution in [1.82, 2.24) is 4.72 Å². The van der Waals surface area contributed by atoms with Gasteiger partial charge in [0, 0.05) is 11.5 Å². The lowest BCUT2D eigenvalue weighted by atomic mass is 10.2. The molecule has 0 heterocycles. The summed E-state index contributed by atoms with van der Waals surface area (Å²) in [7, 11) is -10.1. The third kappa shape index (κ3) is 4.29. The SMILES string of the molecule is [N-]=[N+]=Nc1c(F)c(F)c(S(=O)(=O)NCCS(=O)(=O)[O-])c(F)c1F. The van der Waals surface area contributed by atoms with Crippen molar-refractivity contribution in [2.24, 2.45) is 5.11 Å². The zero-order chi connectivity index (χ0) is 18.0. The molecule has 1 aromatic rings. The van der Waals surface area contributed by atoms with Gasteiger partial charge in [0.05, 0.1) is 15.9 Å². The van der Waals surface area contributed by atoms with Crippen molar-refractivity contribution in [2.75, 3.05) is 12.3 Å². The van der Waals surface area contributed by atoms with Crippen LogP contribution in [0.5, 0.6) is 0 Å². The minimum atomic E-state index is -5.24. The fourth-order valence-electron chi connectivity index (χ4n) is 1.34. The van der Waals surface area contributed by atoms with Crippen LogP contribution in [0.15, 0.2) is 10.0 Å². The number of nitrogens with zero attached hydrogens (tertiary/aromatic N) is 3. The summed E-state index contributed by atoms with van der Waals surface area (Å²) >= 11 is 0. The second-order valence-corrected chi connectivity index (χ2v) is 7.01. The van der Waals surface area contributed by atoms with E-state index in [1.54, 1.807) is 0 Å². The highest BCUT2D eigenvalue weighted by Gasteiger charge is 2.32. The summed E-state index contributed by atoms with van der Waals surface area (Å²) in [4.78, 5) is -0.167. The van der Waals surface area contributed by atoms with Crippen molar-refractivity contribution in [3.8, 4) is 0 Å². The molecule has 9 nitrogen and oxygen atoms in total. The van der Waals surface area contributed by atoms with E-state index in [0.29, 0.717) is 0 Å². The molecular formula is C8H5F4N4O5S2-. The number of halogens is 4. The summed E-state index contributed by atoms with van der Waals surface area (Å²) in [5.41, 5.74) is 6.32. The summed E-state index contributed by atoms with van der Waals surface area (Å²) in [5.74, 6) is -10.6. The number of rotatable bonds is 6. The minimum absolute atomic E-state index is 1.09. The first-order valence-electron chi connectivity index (χ1n) is 5.26. The third-order valence-electron chi connectivity index (χ3n) is 2.26. The fourth-order valence-corrected chi connectivity index (χ4v) is 2.99. The molecular weight excluding hydrogens is 372 g/mol. The molecule has 0 aliphatic rings. The Labute approximate surface area is 126 Å². The third-order valence-corrected chi connectivity index (χ3v) is 4.44. The van der Waals surface area contributed by atoms with Gasteiger partial charge in [-0.25, -0.2) is 39.1 Å². The highest BCUT2D eigenvalue weighted by atomic mass is 32.2. The van der Waals surface area contributed by atoms with Gasteiger partial charge < -0.3 is 4.55 Å². The van der Waals surface area contributed by atoms with Crippen molar-refractivity contribution >= 4 is 25.8 Å². The van der Waals surface area contributed by atoms with Gasteiger partial charge in [-0.2, -0.15) is 0 Å². The molecule has 0 radical (unpaired) electrons. The zero-order valence-corrected chi connectivity index (χ0v) is 12.3. The Kier molecular flexibility index (Phi) is 5.55. The van der Waals surface area contributed by atoms with Crippen LogP contribution in [-0.4, -0.2) is 33.7 Å². The molecule has 0 fully saturated rings. The van der Waals surface area contributed by atoms with Crippen LogP contribution in [-0.2, 0) is 20.1 Å². The van der Waals surface area contributed by atoms with E-state index in [-0.39, 0.29) is 0 Å². The van der Waals surface area contributed by atoms with E-state index in [4.69, 9.17) is 5.53 Å². The van der Waals surface area contributed by atoms with E-state index in [1.165, 1.54) is 4.72 Å². The monoisotopic (exact) mass is 377 g/mol. The largest absolute Gasteiger partial charge is 0.748 e. The van der Waals surface area contributed by atoms with Crippen molar-refractivity contribution in [1.29, 1.82) is 0 Å². The number of benzene rings is 1. The molecule has 128 valence electrons. The molecule has 0 unspecified atom stereocenters. The summed E-state index contributed by atoms with van der Waals surface area (Å²) in [6.07, 6.45) is 0. The van der Waals surface area contributed by atoms with E-state index in [0.717, 1.165) is 0 Å². The van der Waals surface area contributed by atoms with E-state index < -0.39 is 66.3 Å². The van der Waals surface area contributed by atoms with Crippen molar-refractivity contribution < 1.29 is 39.0 Å². The molecule has 0 bridgehead atoms. The molecule has 23 heavy (non-hydrogen) atoms. The summed E-state index contributed by atoms with van der Waals surface area (Å²) in [6, 6.07) is 0. The van der Waals surface area contributed by atoms with Crippen LogP contribution >= 0.6 is 0 Å². The van der Waals surface area contributed by atoms with Crippen LogP contribution < -0.4 is 4.72 Å². The van der Waals surface area contributed by atoms with Gasteiger partial charge in [0.25, 0.3) is 0 Å². The predicted octanol–water partition coefficient (Wildman–Crippen LogP) is 1.01. The Morgan fingerprint density at radius 2 is 1.52 bits per heavy atom. The number of azide groups is 1. The Morgan fingerprint density at radius 3 is 1.91 bits per heavy atom. The Balaban J connectivity index is 3.40. The first-order valence-corrected chi connectivity index (χ1v) is 8.32. The van der Waals surface area contributed by atoms with Gasteiger partial charge in [-0.1, -0.05) is 5.11 Å². The van der Waals surface area contributed by atoms with Crippen LogP contribution in [0.25, 0.3) is 10.4 Å². The number of nitrogens with one attached hydrogen (secondary N) is 1. The maximum Gasteiger partial charge on any atom is 0.246 e. The lowest BCUT2D eigenvalue weighted by Gasteiger charge is -2.12. The molecule has 0 amide bonds. The second-order valence-electron chi connectivity index (χ2n) is 3.78. The van der Waals surface area contributed by atoms with Gasteiger partial charge in [0.15, 0.2) is 28.2 Å². The first kappa shape index (κ1) is 19.1. The average molecular weight is 377 g/mol. The standard InChI is InChI=1S/C8H6F4N4O5S2/c9-3-5(11)8(6(12)4(10)7(3)15-16-13)23(20,21)14-1-2-22(17,18)19/h14H,1-2H2,(H,17,18,19)/p-1. The predicted molar refractivity (Wildman–Crippen MR) is 64.8 cm³/mol. The van der Waals surface area contributed by atoms with Gasteiger partial charge in [-0.3, -0.25) is 0 Å². The molecule has 15 heteroatoms. The fraction of sp³-hybridized carbons (Fsp3) is 0.250. The Bertz CT molecular complexity index is 867. The first-order chi connectivity index (χ1) is 10.4. The molecule has 0 aliphatic carbocycles. The van der Waals surface area contributed by atoms with Gasteiger partial charge in [-0.15, -0.1) is 0 Å². The molecule has 1 N–H and O–H groups in total. The smallest absolute Gasteiger partial charge is 0.246 e. The van der Waals surface area contributed by atoms with Crippen molar-refractivity contribution in [3.05, 3.63) is 33.7 Å². The molecule has 0 spiro atoms. The Morgan fingerprint density at radius 1 is 1.04 bits per heavy atom. The highest BCUT2D eigenvalue weighted by molar-refractivity contribution is 7.89. The molecule has 0 aromatic heterocycles. The molecule has 1 rings (SSSR count). The second kappa shape index (κ2) is 6.67. The van der Waals surface area contributed by atoms with Gasteiger partial charge in [0.1, 0.15) is 5.69 Å². The van der Waals surface area contributed by atoms with E-state index >= 15 is 0 Å². The summed E-state index contributed by atoms with van der Waals surface area (Å²) in [6.45, 7) is -1.09. The number of sulfonamides is 1. The van der Waals surface area contributed by atoms with E-state index in [1.807, 2.05) is 4.91 Å². The summed E-state index contributed by atoms with van der Waals surface area (Å²) < 4.78 is 110. The van der Waals surface area contributed by atoms with Crippen molar-refractivity contribution in [2.45, 2.75) is 4.90 Å². The van der Waals surface area contributed by atoms with Crippen molar-refractivity contribution in [3.63, 3.8) is 0 Å². The topological polar surface area (TPSA) is 152 Å². The highest BCUT2D eigenvalue weighted by Crippen LogP contribution is 2.32. The average Bonchev–Trinajstić information content (AvgIpc) is 2.39. The lowest BCUT2D eigenvalue weighted by Crippen LogP contribution is -2.31. The molecule has 0 atom stereocenters. The molecule has 0 saturated carbocycles. The van der Waals surface area contributed by atoms with Crippen LogP contribution in [0.3, 0.4) is 0 Å². The molecule has 0 saturated heterocycles. The van der Waals surface area contributed by atoms with Gasteiger partial charge in [-0.05, 0) is 5.53 Å². The van der Waals surface area contributed by atoms with E-state index in [2.05, 4.69) is 5.11 Å². The summed E-state index contributed by atoms with van der Waals surface area (Å²) in [5, 5.41) is 2.36.